The Labute approximate surface area is 165 Å². The van der Waals surface area contributed by atoms with Crippen LogP contribution in [0.15, 0.2) is 41.7 Å². The van der Waals surface area contributed by atoms with E-state index in [0.717, 1.165) is 5.52 Å². The summed E-state index contributed by atoms with van der Waals surface area (Å²) >= 11 is 0. The number of imidazole rings is 1. The van der Waals surface area contributed by atoms with Crippen molar-refractivity contribution in [2.75, 3.05) is 6.61 Å². The predicted octanol–water partition coefficient (Wildman–Crippen LogP) is 0.216. The van der Waals surface area contributed by atoms with E-state index in [2.05, 4.69) is 15.0 Å². The van der Waals surface area contributed by atoms with Gasteiger partial charge in [0, 0.05) is 11.8 Å². The molecule has 9 N–H and O–H groups in total. The maximum absolute atomic E-state index is 12.5. The van der Waals surface area contributed by atoms with Gasteiger partial charge in [-0.05, 0) is 25.1 Å². The first-order valence-corrected chi connectivity index (χ1v) is 8.62. The van der Waals surface area contributed by atoms with Gasteiger partial charge in [-0.1, -0.05) is 12.1 Å². The number of nitrogens with one attached hydrogen (secondary N) is 1. The maximum atomic E-state index is 12.5. The first kappa shape index (κ1) is 28.6. The topological polar surface area (TPSA) is 194 Å². The molecule has 0 radical (unpaired) electrons. The standard InChI is InChI=1S/C16H14F3N3O2S.4H2O/c1-10-13(20-7-6-14(10)24-9-16(17,18)19)8-25(23)15-21-11-4-2-3-5-12(11)22-15;;;;/h2-7H,8-9H2,1H3,(H,21,22);4*1H2/t25-;;;;/m1..../s1. The molecule has 0 bridgehead atoms. The Hall–Kier alpha value is -2.58. The molecule has 1 atom stereocenters. The van der Waals surface area contributed by atoms with Gasteiger partial charge in [-0.2, -0.15) is 13.2 Å². The van der Waals surface area contributed by atoms with E-state index in [1.54, 1.807) is 13.0 Å². The Morgan fingerprint density at radius 2 is 1.76 bits per heavy atom. The fourth-order valence-corrected chi connectivity index (χ4v) is 3.35. The van der Waals surface area contributed by atoms with Crippen molar-refractivity contribution in [3.63, 3.8) is 0 Å². The molecular formula is C16H22F3N3O6S. The maximum Gasteiger partial charge on any atom is 0.422 e. The van der Waals surface area contributed by atoms with Gasteiger partial charge in [-0.3, -0.25) is 9.19 Å². The zero-order valence-corrected chi connectivity index (χ0v) is 15.9. The Morgan fingerprint density at radius 3 is 2.38 bits per heavy atom. The SMILES string of the molecule is Cc1c(OCC(F)(F)F)ccnc1C[S@@](=O)c1nc2ccccc2[nH]1.O.O.O.O. The molecule has 9 nitrogen and oxygen atoms in total. The first-order chi connectivity index (χ1) is 11.8. The molecule has 29 heavy (non-hydrogen) atoms. The number of hydrogen-bond donors (Lipinski definition) is 1. The van der Waals surface area contributed by atoms with E-state index in [-0.39, 0.29) is 33.4 Å². The van der Waals surface area contributed by atoms with Crippen LogP contribution in [0.3, 0.4) is 0 Å². The minimum atomic E-state index is -4.42. The number of aromatic nitrogens is 3. The largest absolute Gasteiger partial charge is 0.484 e. The summed E-state index contributed by atoms with van der Waals surface area (Å²) in [5.74, 6) is 0.0958. The molecule has 0 spiro atoms. The molecule has 0 aliphatic carbocycles. The third kappa shape index (κ3) is 7.07. The van der Waals surface area contributed by atoms with Gasteiger partial charge in [0.1, 0.15) is 5.75 Å². The number of alkyl halides is 3. The number of aromatic amines is 1. The van der Waals surface area contributed by atoms with Crippen LogP contribution in [0.25, 0.3) is 11.0 Å². The van der Waals surface area contributed by atoms with Crippen molar-refractivity contribution in [2.24, 2.45) is 0 Å². The lowest BCUT2D eigenvalue weighted by Crippen LogP contribution is -2.19. The smallest absolute Gasteiger partial charge is 0.422 e. The molecule has 3 rings (SSSR count). The number of para-hydroxylation sites is 2. The summed E-state index contributed by atoms with van der Waals surface area (Å²) in [7, 11) is -1.51. The minimum Gasteiger partial charge on any atom is -0.484 e. The second kappa shape index (κ2) is 11.4. The van der Waals surface area contributed by atoms with Crippen LogP contribution in [0.4, 0.5) is 13.2 Å². The number of nitrogens with zero attached hydrogens (tertiary/aromatic N) is 2. The number of fused-ring (bicyclic) bond motifs is 1. The number of pyridine rings is 1. The predicted molar refractivity (Wildman–Crippen MR) is 101 cm³/mol. The average Bonchev–Trinajstić information content (AvgIpc) is 2.99. The normalized spacial score (nSPS) is 11.3. The highest BCUT2D eigenvalue weighted by atomic mass is 32.2. The van der Waals surface area contributed by atoms with E-state index in [9.17, 15) is 17.4 Å². The molecule has 0 aliphatic heterocycles. The Bertz CT molecular complexity index is 903. The fraction of sp³-hybridized carbons (Fsp3) is 0.250. The van der Waals surface area contributed by atoms with Gasteiger partial charge < -0.3 is 31.6 Å². The van der Waals surface area contributed by atoms with E-state index >= 15 is 0 Å². The van der Waals surface area contributed by atoms with Gasteiger partial charge in [0.05, 0.1) is 33.3 Å². The third-order valence-corrected chi connectivity index (χ3v) is 4.66. The van der Waals surface area contributed by atoms with E-state index in [0.29, 0.717) is 21.9 Å². The van der Waals surface area contributed by atoms with Crippen molar-refractivity contribution in [3.05, 3.63) is 47.8 Å². The van der Waals surface area contributed by atoms with E-state index in [1.807, 2.05) is 18.2 Å². The Morgan fingerprint density at radius 1 is 1.10 bits per heavy atom. The quantitative estimate of drug-likeness (QED) is 0.591. The fourth-order valence-electron chi connectivity index (χ4n) is 2.25. The van der Waals surface area contributed by atoms with Gasteiger partial charge >= 0.3 is 6.18 Å². The zero-order valence-electron chi connectivity index (χ0n) is 15.1. The molecule has 3 aromatic rings. The highest BCUT2D eigenvalue weighted by Crippen LogP contribution is 2.24. The molecule has 0 amide bonds. The second-order valence-electron chi connectivity index (χ2n) is 5.33. The highest BCUT2D eigenvalue weighted by Gasteiger charge is 2.29. The van der Waals surface area contributed by atoms with Crippen LogP contribution in [0.5, 0.6) is 5.75 Å². The van der Waals surface area contributed by atoms with Gasteiger partial charge in [-0.15, -0.1) is 0 Å². The minimum absolute atomic E-state index is 0. The Kier molecular flexibility index (Phi) is 11.3. The number of rotatable bonds is 5. The second-order valence-corrected chi connectivity index (χ2v) is 6.70. The molecule has 0 aliphatic rings. The monoisotopic (exact) mass is 441 g/mol. The van der Waals surface area contributed by atoms with Crippen molar-refractivity contribution in [1.82, 2.24) is 15.0 Å². The summed E-state index contributed by atoms with van der Waals surface area (Å²) in [5.41, 5.74) is 2.28. The molecule has 0 saturated carbocycles. The van der Waals surface area contributed by atoms with E-state index in [4.69, 9.17) is 4.74 Å². The van der Waals surface area contributed by atoms with Crippen molar-refractivity contribution < 1.29 is 44.0 Å². The molecule has 0 saturated heterocycles. The lowest BCUT2D eigenvalue weighted by molar-refractivity contribution is -0.153. The summed E-state index contributed by atoms with van der Waals surface area (Å²) in [6, 6.07) is 8.62. The van der Waals surface area contributed by atoms with Crippen molar-refractivity contribution in [3.8, 4) is 5.75 Å². The number of ether oxygens (including phenoxy) is 1. The van der Waals surface area contributed by atoms with Crippen LogP contribution in [0.2, 0.25) is 0 Å². The van der Waals surface area contributed by atoms with Crippen LogP contribution < -0.4 is 4.74 Å². The summed E-state index contributed by atoms with van der Waals surface area (Å²) < 4.78 is 54.2. The van der Waals surface area contributed by atoms with Gasteiger partial charge in [0.2, 0.25) is 0 Å². The van der Waals surface area contributed by atoms with Crippen LogP contribution in [-0.2, 0) is 16.6 Å². The van der Waals surface area contributed by atoms with E-state index in [1.165, 1.54) is 12.3 Å². The van der Waals surface area contributed by atoms with Crippen LogP contribution in [0.1, 0.15) is 11.3 Å². The summed E-state index contributed by atoms with van der Waals surface area (Å²) in [4.78, 5) is 11.3. The summed E-state index contributed by atoms with van der Waals surface area (Å²) in [6.45, 7) is 0.202. The first-order valence-electron chi connectivity index (χ1n) is 7.30. The van der Waals surface area contributed by atoms with Gasteiger partial charge in [-0.25, -0.2) is 4.98 Å². The number of H-pyrrole nitrogens is 1. The molecule has 1 aromatic carbocycles. The Balaban J connectivity index is 0. The molecule has 0 fully saturated rings. The highest BCUT2D eigenvalue weighted by molar-refractivity contribution is 7.84. The van der Waals surface area contributed by atoms with Crippen molar-refractivity contribution >= 4 is 21.8 Å². The number of halogens is 3. The van der Waals surface area contributed by atoms with Crippen LogP contribution in [-0.4, -0.2) is 53.8 Å². The van der Waals surface area contributed by atoms with Gasteiger partial charge in [0.25, 0.3) is 0 Å². The third-order valence-electron chi connectivity index (χ3n) is 3.50. The molecule has 2 heterocycles. The lowest BCUT2D eigenvalue weighted by Gasteiger charge is -2.13. The van der Waals surface area contributed by atoms with Crippen molar-refractivity contribution in [2.45, 2.75) is 24.0 Å². The van der Waals surface area contributed by atoms with Gasteiger partial charge in [0.15, 0.2) is 11.8 Å². The van der Waals surface area contributed by atoms with E-state index < -0.39 is 23.6 Å². The number of hydrogen-bond acceptors (Lipinski definition) is 4. The van der Waals surface area contributed by atoms with Crippen LogP contribution in [0, 0.1) is 6.92 Å². The molecule has 13 heteroatoms. The molecule has 0 unspecified atom stereocenters. The summed E-state index contributed by atoms with van der Waals surface area (Å²) in [6.07, 6.45) is -3.09. The lowest BCUT2D eigenvalue weighted by atomic mass is 10.2. The number of benzene rings is 1. The zero-order chi connectivity index (χ0) is 18.0. The average molecular weight is 441 g/mol. The van der Waals surface area contributed by atoms with Crippen LogP contribution >= 0.6 is 0 Å². The molecule has 2 aromatic heterocycles. The molecule has 164 valence electrons. The summed E-state index contributed by atoms with van der Waals surface area (Å²) in [5, 5.41) is 0.295. The molecular weight excluding hydrogens is 419 g/mol. The van der Waals surface area contributed by atoms with Crippen molar-refractivity contribution in [1.29, 1.82) is 0 Å².